The summed E-state index contributed by atoms with van der Waals surface area (Å²) in [5, 5.41) is 35.0. The lowest BCUT2D eigenvalue weighted by atomic mass is 9.94. The number of hydrogen-bond donors (Lipinski definition) is 4. The summed E-state index contributed by atoms with van der Waals surface area (Å²) in [4.78, 5) is 23.6. The number of aliphatic imine (C=N–C) groups is 1. The molecule has 188 valence electrons. The predicted molar refractivity (Wildman–Crippen MR) is 132 cm³/mol. The van der Waals surface area contributed by atoms with E-state index in [-0.39, 0.29) is 37.3 Å². The number of hydrogen-bond acceptors (Lipinski definition) is 9. The lowest BCUT2D eigenvalue weighted by Crippen LogP contribution is -2.50. The number of thiazole rings is 1. The van der Waals surface area contributed by atoms with Gasteiger partial charge in [0.1, 0.15) is 11.9 Å². The highest BCUT2D eigenvalue weighted by Crippen LogP contribution is 2.36. The van der Waals surface area contributed by atoms with Crippen molar-refractivity contribution < 1.29 is 29.2 Å². The SMILES string of the molecule is O=C(O)C1=C(CN2CCOCC2CC(CO)CO)NC(c2nccs2)=NC1c1ccc(F)cc1Br. The third kappa shape index (κ3) is 5.96. The number of aromatic nitrogens is 1. The Morgan fingerprint density at radius 3 is 2.83 bits per heavy atom. The van der Waals surface area contributed by atoms with Gasteiger partial charge in [-0.25, -0.2) is 14.2 Å². The molecule has 35 heavy (non-hydrogen) atoms. The normalized spacial score (nSPS) is 21.2. The van der Waals surface area contributed by atoms with Crippen LogP contribution in [0.5, 0.6) is 0 Å². The molecule has 1 fully saturated rings. The number of amidine groups is 1. The number of carbonyl (C=O) groups is 1. The van der Waals surface area contributed by atoms with E-state index in [1.54, 1.807) is 11.6 Å². The van der Waals surface area contributed by atoms with E-state index in [0.717, 1.165) is 0 Å². The molecule has 2 aromatic rings. The van der Waals surface area contributed by atoms with Gasteiger partial charge in [0.05, 0.1) is 18.8 Å². The number of aliphatic hydroxyl groups excluding tert-OH is 2. The average molecular weight is 569 g/mol. The molecule has 0 aliphatic carbocycles. The molecular formula is C23H26BrFN4O5S. The van der Waals surface area contributed by atoms with Crippen LogP contribution in [0, 0.1) is 11.7 Å². The molecule has 0 bridgehead atoms. The monoisotopic (exact) mass is 568 g/mol. The van der Waals surface area contributed by atoms with Crippen LogP contribution < -0.4 is 5.32 Å². The number of rotatable bonds is 9. The summed E-state index contributed by atoms with van der Waals surface area (Å²) in [5.41, 5.74) is 1.04. The highest BCUT2D eigenvalue weighted by molar-refractivity contribution is 9.10. The highest BCUT2D eigenvalue weighted by Gasteiger charge is 2.35. The van der Waals surface area contributed by atoms with Crippen LogP contribution in [0.15, 0.2) is 50.5 Å². The number of carboxylic acid groups (broad SMARTS) is 1. The second-order valence-corrected chi connectivity index (χ2v) is 10.1. The van der Waals surface area contributed by atoms with Gasteiger partial charge in [-0.1, -0.05) is 22.0 Å². The average Bonchev–Trinajstić information content (AvgIpc) is 3.38. The highest BCUT2D eigenvalue weighted by atomic mass is 79.9. The van der Waals surface area contributed by atoms with Crippen molar-refractivity contribution in [3.05, 3.63) is 61.9 Å². The first-order valence-corrected chi connectivity index (χ1v) is 12.8. The summed E-state index contributed by atoms with van der Waals surface area (Å²) in [5.74, 6) is -1.44. The minimum atomic E-state index is -1.14. The molecule has 3 heterocycles. The Bertz CT molecular complexity index is 1110. The Hall–Kier alpha value is -2.22. The first kappa shape index (κ1) is 25.9. The van der Waals surface area contributed by atoms with Crippen molar-refractivity contribution in [2.75, 3.05) is 39.5 Å². The maximum Gasteiger partial charge on any atom is 0.335 e. The van der Waals surface area contributed by atoms with Crippen molar-refractivity contribution in [1.82, 2.24) is 15.2 Å². The van der Waals surface area contributed by atoms with Gasteiger partial charge in [0.25, 0.3) is 0 Å². The van der Waals surface area contributed by atoms with Crippen LogP contribution in [0.25, 0.3) is 0 Å². The van der Waals surface area contributed by atoms with Gasteiger partial charge >= 0.3 is 5.97 Å². The number of benzene rings is 1. The van der Waals surface area contributed by atoms with E-state index in [2.05, 4.69) is 36.1 Å². The van der Waals surface area contributed by atoms with Crippen molar-refractivity contribution in [1.29, 1.82) is 0 Å². The van der Waals surface area contributed by atoms with Crippen molar-refractivity contribution >= 4 is 39.1 Å². The number of nitrogens with one attached hydrogen (secondary N) is 1. The molecule has 1 aromatic carbocycles. The van der Waals surface area contributed by atoms with E-state index in [1.165, 1.54) is 29.5 Å². The van der Waals surface area contributed by atoms with Crippen LogP contribution in [-0.4, -0.2) is 82.6 Å². The molecule has 2 aliphatic heterocycles. The zero-order valence-electron chi connectivity index (χ0n) is 18.7. The smallest absolute Gasteiger partial charge is 0.335 e. The Kier molecular flexibility index (Phi) is 8.63. The predicted octanol–water partition coefficient (Wildman–Crippen LogP) is 2.17. The van der Waals surface area contributed by atoms with Crippen LogP contribution in [0.4, 0.5) is 4.39 Å². The topological polar surface area (TPSA) is 128 Å². The number of aliphatic carboxylic acids is 1. The van der Waals surface area contributed by atoms with Crippen LogP contribution >= 0.6 is 27.3 Å². The number of halogens is 2. The molecular weight excluding hydrogens is 543 g/mol. The molecule has 0 spiro atoms. The maximum atomic E-state index is 13.8. The molecule has 0 saturated carbocycles. The molecule has 2 atom stereocenters. The quantitative estimate of drug-likeness (QED) is 0.362. The van der Waals surface area contributed by atoms with Crippen molar-refractivity contribution in [3.8, 4) is 0 Å². The molecule has 2 unspecified atom stereocenters. The number of carboxylic acids is 1. The van der Waals surface area contributed by atoms with Crippen LogP contribution in [0.2, 0.25) is 0 Å². The maximum absolute atomic E-state index is 13.8. The Morgan fingerprint density at radius 1 is 1.37 bits per heavy atom. The van der Waals surface area contributed by atoms with Crippen LogP contribution in [0.3, 0.4) is 0 Å². The van der Waals surface area contributed by atoms with Crippen LogP contribution in [0.1, 0.15) is 23.0 Å². The lowest BCUT2D eigenvalue weighted by Gasteiger charge is -2.38. The molecule has 4 N–H and O–H groups in total. The van der Waals surface area contributed by atoms with Gasteiger partial charge in [0.2, 0.25) is 0 Å². The van der Waals surface area contributed by atoms with E-state index < -0.39 is 17.8 Å². The van der Waals surface area contributed by atoms with Gasteiger partial charge in [0.15, 0.2) is 10.8 Å². The zero-order chi connectivity index (χ0) is 24.9. The molecule has 1 saturated heterocycles. The number of aliphatic hydroxyl groups is 2. The number of ether oxygens (including phenoxy) is 1. The molecule has 2 aliphatic rings. The number of morpholine rings is 1. The van der Waals surface area contributed by atoms with Gasteiger partial charge < -0.3 is 25.4 Å². The van der Waals surface area contributed by atoms with Gasteiger partial charge in [-0.05, 0) is 24.1 Å². The lowest BCUT2D eigenvalue weighted by molar-refractivity contribution is -0.133. The third-order valence-electron chi connectivity index (χ3n) is 6.08. The molecule has 12 heteroatoms. The van der Waals surface area contributed by atoms with Crippen LogP contribution in [-0.2, 0) is 9.53 Å². The third-order valence-corrected chi connectivity index (χ3v) is 7.55. The number of nitrogens with zero attached hydrogens (tertiary/aromatic N) is 3. The molecule has 0 radical (unpaired) electrons. The molecule has 9 nitrogen and oxygen atoms in total. The van der Waals surface area contributed by atoms with Gasteiger partial charge in [0, 0.05) is 60.0 Å². The first-order chi connectivity index (χ1) is 16.9. The second kappa shape index (κ2) is 11.7. The molecule has 0 amide bonds. The van der Waals surface area contributed by atoms with E-state index in [4.69, 9.17) is 4.74 Å². The minimum Gasteiger partial charge on any atom is -0.478 e. The Balaban J connectivity index is 1.74. The summed E-state index contributed by atoms with van der Waals surface area (Å²) >= 11 is 4.74. The summed E-state index contributed by atoms with van der Waals surface area (Å²) in [7, 11) is 0. The summed E-state index contributed by atoms with van der Waals surface area (Å²) < 4.78 is 19.8. The van der Waals surface area contributed by atoms with Gasteiger partial charge in [-0.15, -0.1) is 11.3 Å². The summed E-state index contributed by atoms with van der Waals surface area (Å²) in [6, 6.07) is 3.10. The van der Waals surface area contributed by atoms with Gasteiger partial charge in [-0.3, -0.25) is 9.89 Å². The first-order valence-electron chi connectivity index (χ1n) is 11.1. The molecule has 1 aromatic heterocycles. The van der Waals surface area contributed by atoms with Gasteiger partial charge in [-0.2, -0.15) is 0 Å². The van der Waals surface area contributed by atoms with Crippen molar-refractivity contribution in [2.45, 2.75) is 18.5 Å². The van der Waals surface area contributed by atoms with E-state index in [1.807, 2.05) is 0 Å². The molecule has 4 rings (SSSR count). The Morgan fingerprint density at radius 2 is 2.17 bits per heavy atom. The van der Waals surface area contributed by atoms with E-state index in [0.29, 0.717) is 52.8 Å². The largest absolute Gasteiger partial charge is 0.478 e. The van der Waals surface area contributed by atoms with Crippen molar-refractivity contribution in [3.63, 3.8) is 0 Å². The minimum absolute atomic E-state index is 0.0590. The zero-order valence-corrected chi connectivity index (χ0v) is 21.1. The summed E-state index contributed by atoms with van der Waals surface area (Å²) in [6.45, 7) is 1.41. The fourth-order valence-electron chi connectivity index (χ4n) is 4.28. The fraction of sp³-hybridized carbons (Fsp3) is 0.435. The van der Waals surface area contributed by atoms with E-state index in [9.17, 15) is 24.5 Å². The standard InChI is InChI=1S/C23H26BrFN4O5S/c24-17-8-14(25)1-2-16(17)20-19(23(32)33)18(27-21(28-20)22-26-3-6-35-22)9-29-4-5-34-12-15(29)7-13(10-30)11-31/h1-3,6,8,13,15,20,30-31H,4-5,7,9-12H2,(H,27,28)(H,32,33). The van der Waals surface area contributed by atoms with Crippen molar-refractivity contribution in [2.24, 2.45) is 10.9 Å². The Labute approximate surface area is 214 Å². The summed E-state index contributed by atoms with van der Waals surface area (Å²) in [6.07, 6.45) is 2.15. The second-order valence-electron chi connectivity index (χ2n) is 8.37. The fourth-order valence-corrected chi connectivity index (χ4v) is 5.43. The van der Waals surface area contributed by atoms with E-state index >= 15 is 0 Å².